The van der Waals surface area contributed by atoms with E-state index < -0.39 is 0 Å². The molecule has 4 heterocycles. The lowest BCUT2D eigenvalue weighted by Gasteiger charge is -2.22. The van der Waals surface area contributed by atoms with E-state index in [1.54, 1.807) is 4.90 Å². The smallest absolute Gasteiger partial charge is 0.270 e. The second-order valence-corrected chi connectivity index (χ2v) is 10.5. The van der Waals surface area contributed by atoms with Crippen molar-refractivity contribution in [2.45, 2.75) is 25.9 Å². The lowest BCUT2D eigenvalue weighted by Crippen LogP contribution is -2.37. The Labute approximate surface area is 211 Å². The number of benzene rings is 2. The number of thiophene rings is 1. The molecule has 0 N–H and O–H groups in total. The van der Waals surface area contributed by atoms with Crippen molar-refractivity contribution >= 4 is 43.9 Å². The van der Waals surface area contributed by atoms with Crippen LogP contribution >= 0.6 is 22.7 Å². The Morgan fingerprint density at radius 3 is 2.66 bits per heavy atom. The lowest BCUT2D eigenvalue weighted by atomic mass is 10.2. The van der Waals surface area contributed by atoms with Gasteiger partial charge in [-0.05, 0) is 38.0 Å². The molecule has 8 heteroatoms. The third kappa shape index (κ3) is 4.29. The number of anilines is 1. The van der Waals surface area contributed by atoms with Gasteiger partial charge in [-0.1, -0.05) is 48.5 Å². The van der Waals surface area contributed by atoms with Crippen molar-refractivity contribution < 1.29 is 9.53 Å². The van der Waals surface area contributed by atoms with Gasteiger partial charge in [-0.15, -0.1) is 22.7 Å². The van der Waals surface area contributed by atoms with Crippen LogP contribution in [0.1, 0.15) is 28.2 Å². The highest BCUT2D eigenvalue weighted by Gasteiger charge is 2.29. The van der Waals surface area contributed by atoms with Gasteiger partial charge in [0.2, 0.25) is 0 Å². The molecule has 3 aromatic heterocycles. The number of ether oxygens (including phenoxy) is 1. The molecule has 1 aliphatic rings. The Bertz CT molecular complexity index is 1470. The maximum atomic E-state index is 13.9. The van der Waals surface area contributed by atoms with Crippen molar-refractivity contribution in [2.24, 2.45) is 0 Å². The molecule has 0 saturated carbocycles. The van der Waals surface area contributed by atoms with Crippen molar-refractivity contribution in [1.29, 1.82) is 0 Å². The maximum absolute atomic E-state index is 13.9. The first-order valence-electron chi connectivity index (χ1n) is 11.7. The van der Waals surface area contributed by atoms with Gasteiger partial charge in [0, 0.05) is 22.9 Å². The number of hydrogen-bond acceptors (Lipinski definition) is 6. The van der Waals surface area contributed by atoms with Gasteiger partial charge in [-0.3, -0.25) is 9.69 Å². The molecule has 1 atom stereocenters. The number of rotatable bonds is 6. The van der Waals surface area contributed by atoms with Crippen LogP contribution in [-0.4, -0.2) is 39.9 Å². The number of carbonyl (C=O) groups excluding carboxylic acids is 1. The van der Waals surface area contributed by atoms with Crippen molar-refractivity contribution in [3.05, 3.63) is 82.7 Å². The first-order valence-corrected chi connectivity index (χ1v) is 13.4. The highest BCUT2D eigenvalue weighted by atomic mass is 32.1. The van der Waals surface area contributed by atoms with Gasteiger partial charge >= 0.3 is 0 Å². The van der Waals surface area contributed by atoms with E-state index in [1.165, 1.54) is 22.7 Å². The fourth-order valence-electron chi connectivity index (χ4n) is 4.40. The molecule has 0 bridgehead atoms. The average Bonchev–Trinajstić information content (AvgIpc) is 3.70. The van der Waals surface area contributed by atoms with Crippen molar-refractivity contribution in [3.63, 3.8) is 0 Å². The summed E-state index contributed by atoms with van der Waals surface area (Å²) in [7, 11) is 0. The molecule has 0 spiro atoms. The van der Waals surface area contributed by atoms with Crippen LogP contribution in [0.3, 0.4) is 0 Å². The summed E-state index contributed by atoms with van der Waals surface area (Å²) < 4.78 is 7.82. The van der Waals surface area contributed by atoms with Crippen LogP contribution in [0, 0.1) is 6.92 Å². The van der Waals surface area contributed by atoms with E-state index in [0.717, 1.165) is 52.3 Å². The van der Waals surface area contributed by atoms with Gasteiger partial charge in [0.1, 0.15) is 4.83 Å². The SMILES string of the molecule is Cc1nn(-c2ccccc2)c2sc(C(=O)N(C[C@@H]3CCCO3)c3nc(-c4ccccc4)cs3)cc12. The van der Waals surface area contributed by atoms with Crippen LogP contribution in [0.4, 0.5) is 5.13 Å². The molecular weight excluding hydrogens is 476 g/mol. The van der Waals surface area contributed by atoms with E-state index in [1.807, 2.05) is 83.7 Å². The summed E-state index contributed by atoms with van der Waals surface area (Å²) in [6.45, 7) is 3.23. The molecule has 176 valence electrons. The second kappa shape index (κ2) is 9.37. The fourth-order valence-corrected chi connectivity index (χ4v) is 6.37. The summed E-state index contributed by atoms with van der Waals surface area (Å²) in [5, 5.41) is 8.43. The minimum atomic E-state index is -0.0466. The highest BCUT2D eigenvalue weighted by Crippen LogP contribution is 2.34. The minimum Gasteiger partial charge on any atom is -0.376 e. The third-order valence-electron chi connectivity index (χ3n) is 6.20. The number of amides is 1. The molecule has 35 heavy (non-hydrogen) atoms. The molecule has 2 aromatic carbocycles. The molecule has 6 rings (SSSR count). The second-order valence-electron chi connectivity index (χ2n) is 8.59. The zero-order valence-electron chi connectivity index (χ0n) is 19.3. The molecular formula is C27H24N4O2S2. The first-order chi connectivity index (χ1) is 17.2. The Kier molecular flexibility index (Phi) is 5.93. The maximum Gasteiger partial charge on any atom is 0.270 e. The van der Waals surface area contributed by atoms with Gasteiger partial charge < -0.3 is 4.74 Å². The van der Waals surface area contributed by atoms with Crippen LogP contribution in [0.2, 0.25) is 0 Å². The molecule has 6 nitrogen and oxygen atoms in total. The standard InChI is InChI=1S/C27H24N4O2S2/c1-18-22-15-24(35-26(22)31(29-18)20-11-6-3-7-12-20)25(32)30(16-21-13-8-14-33-21)27-28-23(17-34-27)19-9-4-2-5-10-19/h2-7,9-12,15,17,21H,8,13-14,16H2,1H3/t21-/m0/s1. The summed E-state index contributed by atoms with van der Waals surface area (Å²) in [5.74, 6) is -0.0466. The molecule has 1 fully saturated rings. The number of carbonyl (C=O) groups is 1. The molecule has 1 saturated heterocycles. The topological polar surface area (TPSA) is 60.2 Å². The summed E-state index contributed by atoms with van der Waals surface area (Å²) >= 11 is 2.97. The van der Waals surface area contributed by atoms with E-state index in [2.05, 4.69) is 0 Å². The van der Waals surface area contributed by atoms with Crippen LogP contribution in [0.5, 0.6) is 0 Å². The largest absolute Gasteiger partial charge is 0.376 e. The lowest BCUT2D eigenvalue weighted by molar-refractivity contribution is 0.0920. The first kappa shape index (κ1) is 22.2. The summed E-state index contributed by atoms with van der Waals surface area (Å²) in [5.41, 5.74) is 3.81. The Hall–Kier alpha value is -3.33. The third-order valence-corrected chi connectivity index (χ3v) is 8.17. The average molecular weight is 501 g/mol. The number of thiazole rings is 1. The number of nitrogens with zero attached hydrogens (tertiary/aromatic N) is 4. The van der Waals surface area contributed by atoms with Gasteiger partial charge in [-0.2, -0.15) is 5.10 Å². The number of aryl methyl sites for hydroxylation is 1. The van der Waals surface area contributed by atoms with Crippen molar-refractivity contribution in [3.8, 4) is 16.9 Å². The highest BCUT2D eigenvalue weighted by molar-refractivity contribution is 7.20. The van der Waals surface area contributed by atoms with Crippen molar-refractivity contribution in [2.75, 3.05) is 18.1 Å². The predicted molar refractivity (Wildman–Crippen MR) is 142 cm³/mol. The van der Waals surface area contributed by atoms with Crippen LogP contribution in [0.15, 0.2) is 72.1 Å². The predicted octanol–water partition coefficient (Wildman–Crippen LogP) is 6.34. The van der Waals surface area contributed by atoms with E-state index in [0.29, 0.717) is 16.6 Å². The van der Waals surface area contributed by atoms with Crippen molar-refractivity contribution in [1.82, 2.24) is 14.8 Å². The van der Waals surface area contributed by atoms with Gasteiger partial charge in [-0.25, -0.2) is 9.67 Å². The number of fused-ring (bicyclic) bond motifs is 1. The summed E-state index contributed by atoms with van der Waals surface area (Å²) in [4.78, 5) is 22.2. The van der Waals surface area contributed by atoms with Gasteiger partial charge in [0.25, 0.3) is 5.91 Å². The van der Waals surface area contributed by atoms with E-state index in [4.69, 9.17) is 14.8 Å². The molecule has 5 aromatic rings. The number of aromatic nitrogens is 3. The van der Waals surface area contributed by atoms with E-state index in [9.17, 15) is 4.79 Å². The quantitative estimate of drug-likeness (QED) is 0.273. The number of hydrogen-bond donors (Lipinski definition) is 0. The Morgan fingerprint density at radius 1 is 1.14 bits per heavy atom. The normalized spacial score (nSPS) is 15.6. The Balaban J connectivity index is 1.37. The minimum absolute atomic E-state index is 0.0268. The van der Waals surface area contributed by atoms with Crippen LogP contribution < -0.4 is 4.90 Å². The molecule has 1 aliphatic heterocycles. The molecule has 0 aliphatic carbocycles. The fraction of sp³-hybridized carbons (Fsp3) is 0.222. The summed E-state index contributed by atoms with van der Waals surface area (Å²) in [6.07, 6.45) is 2.00. The number of para-hydroxylation sites is 1. The zero-order valence-corrected chi connectivity index (χ0v) is 20.9. The van der Waals surface area contributed by atoms with E-state index >= 15 is 0 Å². The van der Waals surface area contributed by atoms with Crippen LogP contribution in [-0.2, 0) is 4.74 Å². The van der Waals surface area contributed by atoms with Crippen LogP contribution in [0.25, 0.3) is 27.2 Å². The van der Waals surface area contributed by atoms with E-state index in [-0.39, 0.29) is 12.0 Å². The summed E-state index contributed by atoms with van der Waals surface area (Å²) in [6, 6.07) is 22.1. The Morgan fingerprint density at radius 2 is 1.91 bits per heavy atom. The zero-order chi connectivity index (χ0) is 23.8. The molecule has 0 unspecified atom stereocenters. The van der Waals surface area contributed by atoms with Gasteiger partial charge in [0.15, 0.2) is 5.13 Å². The monoisotopic (exact) mass is 500 g/mol. The molecule has 1 amide bonds. The van der Waals surface area contributed by atoms with Gasteiger partial charge in [0.05, 0.1) is 34.6 Å². The molecule has 0 radical (unpaired) electrons.